The molecule has 0 rings (SSSR count). The Bertz CT molecular complexity index is 238. The van der Waals surface area contributed by atoms with Crippen LogP contribution >= 0.6 is 0 Å². The van der Waals surface area contributed by atoms with Crippen molar-refractivity contribution >= 4 is 16.7 Å². The zero-order chi connectivity index (χ0) is 12.1. The highest BCUT2D eigenvalue weighted by molar-refractivity contribution is 7.85. The lowest BCUT2D eigenvalue weighted by atomic mass is 10.0. The Morgan fingerprint density at radius 3 is 2.20 bits per heavy atom. The fraction of sp³-hybridized carbons (Fsp3) is 0.917. The van der Waals surface area contributed by atoms with Gasteiger partial charge in [-0.25, -0.2) is 4.21 Å². The Kier molecular flexibility index (Phi) is 6.34. The third-order valence-electron chi connectivity index (χ3n) is 2.18. The predicted molar refractivity (Wildman–Crippen MR) is 69.7 cm³/mol. The van der Waals surface area contributed by atoms with Gasteiger partial charge >= 0.3 is 0 Å². The van der Waals surface area contributed by atoms with Crippen LogP contribution in [0.15, 0.2) is 4.40 Å². The fourth-order valence-electron chi connectivity index (χ4n) is 1.04. The third-order valence-corrected chi connectivity index (χ3v) is 3.62. The number of rotatable bonds is 5. The van der Waals surface area contributed by atoms with Crippen LogP contribution in [0.4, 0.5) is 0 Å². The van der Waals surface area contributed by atoms with Gasteiger partial charge in [0.05, 0.1) is 4.75 Å². The highest BCUT2D eigenvalue weighted by Gasteiger charge is 2.20. The van der Waals surface area contributed by atoms with Crippen LogP contribution in [0.3, 0.4) is 0 Å². The van der Waals surface area contributed by atoms with Crippen molar-refractivity contribution in [3.63, 3.8) is 0 Å². The Hall–Kier alpha value is -0.180. The third kappa shape index (κ3) is 6.08. The van der Waals surface area contributed by atoms with Crippen LogP contribution in [0.1, 0.15) is 60.8 Å². The maximum atomic E-state index is 11.9. The molecule has 0 saturated heterocycles. The van der Waals surface area contributed by atoms with Gasteiger partial charge in [0.2, 0.25) is 0 Å². The summed E-state index contributed by atoms with van der Waals surface area (Å²) in [6.07, 6.45) is 3.28. The molecule has 15 heavy (non-hydrogen) atoms. The number of hydrogen-bond donors (Lipinski definition) is 0. The second-order valence-corrected chi connectivity index (χ2v) is 7.11. The maximum Gasteiger partial charge on any atom is 0.144 e. The summed E-state index contributed by atoms with van der Waals surface area (Å²) in [4.78, 5) is 0. The minimum atomic E-state index is -1.10. The lowest BCUT2D eigenvalue weighted by Crippen LogP contribution is -2.22. The molecule has 0 spiro atoms. The predicted octanol–water partition coefficient (Wildman–Crippen LogP) is 3.74. The lowest BCUT2D eigenvalue weighted by Gasteiger charge is -2.16. The van der Waals surface area contributed by atoms with Crippen LogP contribution < -0.4 is 0 Å². The fourth-order valence-corrected chi connectivity index (χ4v) is 1.83. The molecule has 0 bridgehead atoms. The molecule has 0 aromatic carbocycles. The van der Waals surface area contributed by atoms with E-state index < -0.39 is 11.0 Å². The molecule has 0 amide bonds. The van der Waals surface area contributed by atoms with Gasteiger partial charge in [-0.2, -0.15) is 4.40 Å². The van der Waals surface area contributed by atoms with Gasteiger partial charge in [0.25, 0.3) is 0 Å². The van der Waals surface area contributed by atoms with Gasteiger partial charge in [0.15, 0.2) is 0 Å². The summed E-state index contributed by atoms with van der Waals surface area (Å²) < 4.78 is 16.0. The van der Waals surface area contributed by atoms with Crippen molar-refractivity contribution in [2.75, 3.05) is 0 Å². The summed E-state index contributed by atoms with van der Waals surface area (Å²) in [5, 5.41) is 0. The van der Waals surface area contributed by atoms with Gasteiger partial charge in [0.1, 0.15) is 11.0 Å². The summed E-state index contributed by atoms with van der Waals surface area (Å²) in [5.41, 5.74) is 1.10. The molecule has 0 N–H and O–H groups in total. The van der Waals surface area contributed by atoms with E-state index in [2.05, 4.69) is 25.2 Å². The van der Waals surface area contributed by atoms with Crippen molar-refractivity contribution in [3.8, 4) is 0 Å². The summed E-state index contributed by atoms with van der Waals surface area (Å²) in [6, 6.07) is 0. The molecular formula is C12H25NOS. The molecule has 1 atom stereocenters. The SMILES string of the molecule is CCCC/C(=N\S(=O)C(C)(C)C)C(C)C. The summed E-state index contributed by atoms with van der Waals surface area (Å²) >= 11 is 0. The van der Waals surface area contributed by atoms with E-state index >= 15 is 0 Å². The van der Waals surface area contributed by atoms with E-state index in [1.54, 1.807) is 0 Å². The highest BCUT2D eigenvalue weighted by atomic mass is 32.2. The molecule has 0 aliphatic heterocycles. The molecule has 3 heteroatoms. The molecule has 0 saturated carbocycles. The van der Waals surface area contributed by atoms with Gasteiger partial charge in [-0.3, -0.25) is 0 Å². The number of hydrogen-bond acceptors (Lipinski definition) is 1. The van der Waals surface area contributed by atoms with Crippen LogP contribution in [0, 0.1) is 5.92 Å². The van der Waals surface area contributed by atoms with Crippen molar-refractivity contribution in [1.29, 1.82) is 0 Å². The summed E-state index contributed by atoms with van der Waals surface area (Å²) in [7, 11) is -1.10. The van der Waals surface area contributed by atoms with Gasteiger partial charge in [0, 0.05) is 5.71 Å². The zero-order valence-corrected chi connectivity index (χ0v) is 11.8. The molecule has 90 valence electrons. The van der Waals surface area contributed by atoms with Gasteiger partial charge < -0.3 is 0 Å². The van der Waals surface area contributed by atoms with Gasteiger partial charge in [-0.15, -0.1) is 0 Å². The molecule has 0 aromatic heterocycles. The largest absolute Gasteiger partial charge is 0.234 e. The highest BCUT2D eigenvalue weighted by Crippen LogP contribution is 2.15. The molecule has 0 aliphatic carbocycles. The minimum absolute atomic E-state index is 0.244. The van der Waals surface area contributed by atoms with Crippen molar-refractivity contribution < 1.29 is 4.21 Å². The van der Waals surface area contributed by atoms with Crippen molar-refractivity contribution in [1.82, 2.24) is 0 Å². The monoisotopic (exact) mass is 231 g/mol. The Balaban J connectivity index is 4.61. The van der Waals surface area contributed by atoms with Crippen LogP contribution in [0.2, 0.25) is 0 Å². The Morgan fingerprint density at radius 2 is 1.87 bits per heavy atom. The van der Waals surface area contributed by atoms with Gasteiger partial charge in [-0.1, -0.05) is 27.2 Å². The molecule has 0 aliphatic rings. The van der Waals surface area contributed by atoms with E-state index in [1.165, 1.54) is 0 Å². The average molecular weight is 231 g/mol. The van der Waals surface area contributed by atoms with Crippen molar-refractivity contribution in [2.24, 2.45) is 10.3 Å². The van der Waals surface area contributed by atoms with Gasteiger partial charge in [-0.05, 0) is 39.5 Å². The molecule has 0 aromatic rings. The first-order valence-corrected chi connectivity index (χ1v) is 6.89. The van der Waals surface area contributed by atoms with E-state index in [9.17, 15) is 4.21 Å². The standard InChI is InChI=1S/C12H25NOS/c1-7-8-9-11(10(2)3)13-15(14)12(4,5)6/h10H,7-9H2,1-6H3/b13-11+. The van der Waals surface area contributed by atoms with Crippen LogP contribution in [0.25, 0.3) is 0 Å². The van der Waals surface area contributed by atoms with E-state index in [4.69, 9.17) is 0 Å². The van der Waals surface area contributed by atoms with Crippen molar-refractivity contribution in [2.45, 2.75) is 65.6 Å². The van der Waals surface area contributed by atoms with Crippen LogP contribution in [0.5, 0.6) is 0 Å². The average Bonchev–Trinajstić information content (AvgIpc) is 2.09. The van der Waals surface area contributed by atoms with Crippen LogP contribution in [-0.2, 0) is 11.0 Å². The second kappa shape index (κ2) is 6.41. The molecule has 0 radical (unpaired) electrons. The van der Waals surface area contributed by atoms with E-state index in [0.717, 1.165) is 25.0 Å². The smallest absolute Gasteiger partial charge is 0.144 e. The first kappa shape index (κ1) is 14.8. The van der Waals surface area contributed by atoms with Crippen molar-refractivity contribution in [3.05, 3.63) is 0 Å². The molecule has 0 fully saturated rings. The summed E-state index contributed by atoms with van der Waals surface area (Å²) in [6.45, 7) is 12.3. The van der Waals surface area contributed by atoms with Crippen LogP contribution in [-0.4, -0.2) is 14.7 Å². The number of nitrogens with zero attached hydrogens (tertiary/aromatic N) is 1. The van der Waals surface area contributed by atoms with E-state index in [-0.39, 0.29) is 4.75 Å². The normalized spacial score (nSPS) is 15.8. The first-order chi connectivity index (χ1) is 6.79. The molecular weight excluding hydrogens is 206 g/mol. The minimum Gasteiger partial charge on any atom is -0.234 e. The van der Waals surface area contributed by atoms with E-state index in [1.807, 2.05) is 20.8 Å². The molecule has 0 heterocycles. The summed E-state index contributed by atoms with van der Waals surface area (Å²) in [5.74, 6) is 0.405. The quantitative estimate of drug-likeness (QED) is 0.663. The van der Waals surface area contributed by atoms with E-state index in [0.29, 0.717) is 5.92 Å². The maximum absolute atomic E-state index is 11.9. The topological polar surface area (TPSA) is 29.4 Å². The lowest BCUT2D eigenvalue weighted by molar-refractivity contribution is 0.649. The molecule has 2 nitrogen and oxygen atoms in total. The molecule has 1 unspecified atom stereocenters. The Morgan fingerprint density at radius 1 is 1.33 bits per heavy atom. The first-order valence-electron chi connectivity index (χ1n) is 5.78. The zero-order valence-electron chi connectivity index (χ0n) is 11.0. The second-order valence-electron chi connectivity index (χ2n) is 5.20. The Labute approximate surface area is 97.2 Å². The number of unbranched alkanes of at least 4 members (excludes halogenated alkanes) is 1.